The van der Waals surface area contributed by atoms with Gasteiger partial charge < -0.3 is 9.40 Å². The van der Waals surface area contributed by atoms with Crippen LogP contribution in [0, 0.1) is 0 Å². The van der Waals surface area contributed by atoms with Crippen LogP contribution in [0.15, 0.2) is 72.9 Å². The van der Waals surface area contributed by atoms with Crippen LogP contribution < -0.4 is 5.90 Å². The number of carbonyl (C=O) groups excluding carboxylic acids is 2. The summed E-state index contributed by atoms with van der Waals surface area (Å²) in [6.07, 6.45) is 4.46. The van der Waals surface area contributed by atoms with Crippen LogP contribution in [0.4, 0.5) is 0 Å². The van der Waals surface area contributed by atoms with Crippen molar-refractivity contribution in [3.05, 3.63) is 84.1 Å². The number of allylic oxidation sites excluding steroid dienone is 1. The summed E-state index contributed by atoms with van der Waals surface area (Å²) in [7, 11) is 0. The third-order valence-corrected chi connectivity index (χ3v) is 3.93. The number of carbonyl (C=O) groups is 2. The number of hydrogen-bond donors (Lipinski definition) is 1. The molecule has 3 rings (SSSR count). The Hall–Kier alpha value is -3.18. The zero-order valence-electron chi connectivity index (χ0n) is 13.6. The van der Waals surface area contributed by atoms with Gasteiger partial charge in [-0.3, -0.25) is 4.79 Å². The van der Waals surface area contributed by atoms with Crippen LogP contribution in [0.3, 0.4) is 0 Å². The lowest BCUT2D eigenvalue weighted by atomic mass is 10.1. The fourth-order valence-electron chi connectivity index (χ4n) is 2.74. The van der Waals surface area contributed by atoms with E-state index < -0.39 is 5.97 Å². The minimum Gasteiger partial charge on any atom is -0.370 e. The number of aromatic nitrogens is 1. The maximum atomic E-state index is 11.9. The number of ketones is 1. The van der Waals surface area contributed by atoms with E-state index in [0.717, 1.165) is 29.1 Å². The fraction of sp³-hybridized carbons (Fsp3) is 0.100. The number of hydrogen-bond acceptors (Lipinski definition) is 4. The third kappa shape index (κ3) is 4.22. The van der Waals surface area contributed by atoms with Crippen molar-refractivity contribution in [3.63, 3.8) is 0 Å². The molecule has 0 bridgehead atoms. The monoisotopic (exact) mass is 334 g/mol. The molecule has 5 heteroatoms. The van der Waals surface area contributed by atoms with Crippen LogP contribution in [0.25, 0.3) is 10.9 Å². The van der Waals surface area contributed by atoms with Crippen molar-refractivity contribution in [3.8, 4) is 0 Å². The van der Waals surface area contributed by atoms with Crippen LogP contribution in [-0.2, 0) is 27.4 Å². The van der Waals surface area contributed by atoms with Crippen molar-refractivity contribution in [2.45, 2.75) is 13.0 Å². The van der Waals surface area contributed by atoms with Crippen LogP contribution >= 0.6 is 0 Å². The van der Waals surface area contributed by atoms with Gasteiger partial charge in [-0.05, 0) is 40.8 Å². The molecule has 0 saturated heterocycles. The first-order chi connectivity index (χ1) is 12.2. The van der Waals surface area contributed by atoms with Gasteiger partial charge in [0.05, 0.1) is 0 Å². The van der Waals surface area contributed by atoms with Crippen molar-refractivity contribution >= 4 is 22.7 Å². The molecule has 126 valence electrons. The molecule has 1 heterocycles. The van der Waals surface area contributed by atoms with Gasteiger partial charge in [0.2, 0.25) is 0 Å². The lowest BCUT2D eigenvalue weighted by Gasteiger charge is -2.06. The van der Waals surface area contributed by atoms with Crippen LogP contribution in [0.1, 0.15) is 11.1 Å². The summed E-state index contributed by atoms with van der Waals surface area (Å²) >= 11 is 0. The second kappa shape index (κ2) is 7.59. The molecule has 2 aromatic carbocycles. The van der Waals surface area contributed by atoms with Crippen molar-refractivity contribution in [2.75, 3.05) is 0 Å². The Morgan fingerprint density at radius 2 is 1.80 bits per heavy atom. The Balaban J connectivity index is 1.74. The largest absolute Gasteiger partial charge is 0.370 e. The van der Waals surface area contributed by atoms with E-state index in [2.05, 4.69) is 21.5 Å². The molecule has 0 amide bonds. The van der Waals surface area contributed by atoms with E-state index in [-0.39, 0.29) is 12.2 Å². The highest BCUT2D eigenvalue weighted by Gasteiger charge is 2.06. The van der Waals surface area contributed by atoms with Crippen LogP contribution in [-0.4, -0.2) is 16.3 Å². The summed E-state index contributed by atoms with van der Waals surface area (Å²) in [5.41, 5.74) is 3.24. The lowest BCUT2D eigenvalue weighted by Crippen LogP contribution is -2.07. The summed E-state index contributed by atoms with van der Waals surface area (Å²) in [4.78, 5) is 26.8. The molecule has 0 unspecified atom stereocenters. The molecular weight excluding hydrogens is 316 g/mol. The first-order valence-electron chi connectivity index (χ1n) is 7.89. The van der Waals surface area contributed by atoms with Crippen molar-refractivity contribution < 1.29 is 14.4 Å². The zero-order valence-corrected chi connectivity index (χ0v) is 13.6. The standard InChI is InChI=1S/C20H18N2O3/c21-25-20(24)9-7-18(23)13-16-6-8-19-17(12-16)10-11-22(19)14-15-4-2-1-3-5-15/h1-12H,13-14,21H2/b9-7+. The molecule has 0 atom stereocenters. The first kappa shape index (κ1) is 16.7. The molecule has 0 aliphatic heterocycles. The second-order valence-corrected chi connectivity index (χ2v) is 5.74. The van der Waals surface area contributed by atoms with E-state index in [9.17, 15) is 9.59 Å². The number of nitrogens with zero attached hydrogens (tertiary/aromatic N) is 1. The van der Waals surface area contributed by atoms with Gasteiger partial charge in [0.1, 0.15) is 0 Å². The van der Waals surface area contributed by atoms with Crippen molar-refractivity contribution in [1.29, 1.82) is 0 Å². The summed E-state index contributed by atoms with van der Waals surface area (Å²) in [5.74, 6) is 3.78. The van der Waals surface area contributed by atoms with Gasteiger partial charge in [0.25, 0.3) is 0 Å². The first-order valence-corrected chi connectivity index (χ1v) is 7.89. The fourth-order valence-corrected chi connectivity index (χ4v) is 2.74. The van der Waals surface area contributed by atoms with Crippen LogP contribution in [0.5, 0.6) is 0 Å². The second-order valence-electron chi connectivity index (χ2n) is 5.74. The van der Waals surface area contributed by atoms with E-state index >= 15 is 0 Å². The van der Waals surface area contributed by atoms with Gasteiger partial charge in [0.15, 0.2) is 5.78 Å². The smallest absolute Gasteiger partial charge is 0.349 e. The van der Waals surface area contributed by atoms with Gasteiger partial charge in [-0.25, -0.2) is 4.79 Å². The van der Waals surface area contributed by atoms with Gasteiger partial charge in [0, 0.05) is 30.8 Å². The van der Waals surface area contributed by atoms with E-state index in [4.69, 9.17) is 5.90 Å². The van der Waals surface area contributed by atoms with Gasteiger partial charge in [-0.15, -0.1) is 0 Å². The van der Waals surface area contributed by atoms with E-state index in [1.165, 1.54) is 11.6 Å². The Bertz CT molecular complexity index is 927. The third-order valence-electron chi connectivity index (χ3n) is 3.93. The average molecular weight is 334 g/mol. The number of nitrogens with two attached hydrogens (primary N) is 1. The molecular formula is C20H18N2O3. The van der Waals surface area contributed by atoms with Crippen molar-refractivity contribution in [1.82, 2.24) is 4.57 Å². The molecule has 0 aliphatic carbocycles. The number of benzene rings is 2. The van der Waals surface area contributed by atoms with Gasteiger partial charge >= 0.3 is 5.97 Å². The number of rotatable bonds is 6. The molecule has 0 radical (unpaired) electrons. The normalized spacial score (nSPS) is 11.1. The SMILES string of the molecule is NOC(=O)/C=C/C(=O)Cc1ccc2c(ccn2Cc2ccccc2)c1. The topological polar surface area (TPSA) is 74.3 Å². The maximum absolute atomic E-state index is 11.9. The lowest BCUT2D eigenvalue weighted by molar-refractivity contribution is -0.138. The minimum absolute atomic E-state index is 0.187. The molecule has 3 aromatic rings. The molecule has 0 aliphatic rings. The molecule has 1 aromatic heterocycles. The summed E-state index contributed by atoms with van der Waals surface area (Å²) in [6.45, 7) is 0.798. The summed E-state index contributed by atoms with van der Waals surface area (Å²) in [6, 6.07) is 18.2. The molecule has 2 N–H and O–H groups in total. The highest BCUT2D eigenvalue weighted by atomic mass is 16.7. The molecule has 5 nitrogen and oxygen atoms in total. The minimum atomic E-state index is -0.748. The molecule has 25 heavy (non-hydrogen) atoms. The Morgan fingerprint density at radius 3 is 2.56 bits per heavy atom. The Kier molecular flexibility index (Phi) is 5.06. The Labute approximate surface area is 145 Å². The number of fused-ring (bicyclic) bond motifs is 1. The van der Waals surface area contributed by atoms with E-state index in [0.29, 0.717) is 0 Å². The molecule has 0 spiro atoms. The van der Waals surface area contributed by atoms with E-state index in [1.54, 1.807) is 0 Å². The van der Waals surface area contributed by atoms with Gasteiger partial charge in [-0.2, -0.15) is 5.90 Å². The molecule has 0 saturated carbocycles. The highest BCUT2D eigenvalue weighted by Crippen LogP contribution is 2.19. The van der Waals surface area contributed by atoms with E-state index in [1.807, 2.05) is 48.7 Å². The quantitative estimate of drug-likeness (QED) is 0.556. The predicted octanol–water partition coefficient (Wildman–Crippen LogP) is 2.77. The average Bonchev–Trinajstić information content (AvgIpc) is 3.02. The Morgan fingerprint density at radius 1 is 1.00 bits per heavy atom. The summed E-state index contributed by atoms with van der Waals surface area (Å²) in [5, 5.41) is 1.08. The zero-order chi connectivity index (χ0) is 17.6. The molecule has 0 fully saturated rings. The van der Waals surface area contributed by atoms with Crippen molar-refractivity contribution in [2.24, 2.45) is 5.90 Å². The highest BCUT2D eigenvalue weighted by molar-refractivity contribution is 5.97. The maximum Gasteiger partial charge on any atom is 0.349 e. The van der Waals surface area contributed by atoms with Crippen LogP contribution in [0.2, 0.25) is 0 Å². The summed E-state index contributed by atoms with van der Waals surface area (Å²) < 4.78 is 2.17. The predicted molar refractivity (Wildman–Crippen MR) is 95.6 cm³/mol. The van der Waals surface area contributed by atoms with Gasteiger partial charge in [-0.1, -0.05) is 36.4 Å².